The van der Waals surface area contributed by atoms with Gasteiger partial charge >= 0.3 is 0 Å². The number of halogens is 1. The van der Waals surface area contributed by atoms with Crippen LogP contribution in [-0.2, 0) is 28.3 Å². The molecule has 2 amide bonds. The normalized spacial score (nSPS) is 11.6. The van der Waals surface area contributed by atoms with Crippen LogP contribution in [0.2, 0.25) is 5.02 Å². The largest absolute Gasteiger partial charge is 0.354 e. The molecule has 0 heterocycles. The Morgan fingerprint density at radius 3 is 2.21 bits per heavy atom. The number of benzene rings is 3. The van der Waals surface area contributed by atoms with Crippen LogP contribution in [-0.4, -0.2) is 35.1 Å². The lowest BCUT2D eigenvalue weighted by Gasteiger charge is -2.31. The Labute approximate surface area is 211 Å². The molecule has 178 valence electrons. The number of carbonyl (C=O) groups is 2. The standard InChI is InChI=1S/C28H31ClN2O2S/c1-2-16-30-28(33)26(18-22-10-5-3-6-11-22)31(19-24-14-9-15-25(29)17-24)27(32)21-34-20-23-12-7-4-8-13-23/h3-15,17,26H,2,16,18-21H2,1H3,(H,30,33)/t26-/m0/s1. The molecule has 0 aliphatic rings. The van der Waals surface area contributed by atoms with Crippen LogP contribution in [0.15, 0.2) is 84.9 Å². The van der Waals surface area contributed by atoms with E-state index in [0.717, 1.165) is 23.3 Å². The van der Waals surface area contributed by atoms with Crippen molar-refractivity contribution >= 4 is 35.2 Å². The third kappa shape index (κ3) is 8.23. The molecular formula is C28H31ClN2O2S. The van der Waals surface area contributed by atoms with Crippen molar-refractivity contribution in [3.05, 3.63) is 107 Å². The summed E-state index contributed by atoms with van der Waals surface area (Å²) in [5, 5.41) is 3.61. The second kappa shape index (κ2) is 13.8. The van der Waals surface area contributed by atoms with E-state index in [-0.39, 0.29) is 11.8 Å². The van der Waals surface area contributed by atoms with Crippen molar-refractivity contribution in [1.82, 2.24) is 10.2 Å². The molecule has 0 aliphatic heterocycles. The Bertz CT molecular complexity index is 1050. The summed E-state index contributed by atoms with van der Waals surface area (Å²) < 4.78 is 0. The summed E-state index contributed by atoms with van der Waals surface area (Å²) in [6.45, 7) is 2.91. The van der Waals surface area contributed by atoms with Gasteiger partial charge in [0.15, 0.2) is 0 Å². The van der Waals surface area contributed by atoms with Gasteiger partial charge in [0.05, 0.1) is 5.75 Å². The molecule has 0 unspecified atom stereocenters. The Morgan fingerprint density at radius 1 is 0.912 bits per heavy atom. The van der Waals surface area contributed by atoms with Gasteiger partial charge in [-0.25, -0.2) is 0 Å². The van der Waals surface area contributed by atoms with Crippen LogP contribution in [0.3, 0.4) is 0 Å². The van der Waals surface area contributed by atoms with Gasteiger partial charge in [0.1, 0.15) is 6.04 Å². The van der Waals surface area contributed by atoms with Gasteiger partial charge in [0.25, 0.3) is 0 Å². The second-order valence-electron chi connectivity index (χ2n) is 8.13. The molecule has 3 aromatic carbocycles. The van der Waals surface area contributed by atoms with E-state index in [4.69, 9.17) is 11.6 Å². The number of rotatable bonds is 12. The highest BCUT2D eigenvalue weighted by Crippen LogP contribution is 2.20. The number of nitrogens with one attached hydrogen (secondary N) is 1. The molecule has 0 radical (unpaired) electrons. The Hall–Kier alpha value is -2.76. The van der Waals surface area contributed by atoms with E-state index < -0.39 is 6.04 Å². The van der Waals surface area contributed by atoms with Gasteiger partial charge in [-0.1, -0.05) is 91.3 Å². The van der Waals surface area contributed by atoms with E-state index in [2.05, 4.69) is 17.4 Å². The van der Waals surface area contributed by atoms with Crippen molar-refractivity contribution in [2.45, 2.75) is 38.1 Å². The fourth-order valence-electron chi connectivity index (χ4n) is 3.67. The molecule has 0 fully saturated rings. The minimum Gasteiger partial charge on any atom is -0.354 e. The lowest BCUT2D eigenvalue weighted by atomic mass is 10.0. The van der Waals surface area contributed by atoms with Gasteiger partial charge in [-0.15, -0.1) is 11.8 Å². The van der Waals surface area contributed by atoms with E-state index in [1.807, 2.05) is 79.7 Å². The predicted molar refractivity (Wildman–Crippen MR) is 142 cm³/mol. The number of hydrogen-bond donors (Lipinski definition) is 1. The number of thioether (sulfide) groups is 1. The molecule has 0 spiro atoms. The molecule has 6 heteroatoms. The summed E-state index contributed by atoms with van der Waals surface area (Å²) in [7, 11) is 0. The maximum Gasteiger partial charge on any atom is 0.243 e. The van der Waals surface area contributed by atoms with Crippen LogP contribution in [0.25, 0.3) is 0 Å². The molecule has 0 bridgehead atoms. The monoisotopic (exact) mass is 494 g/mol. The van der Waals surface area contributed by atoms with E-state index >= 15 is 0 Å². The van der Waals surface area contributed by atoms with Crippen molar-refractivity contribution < 1.29 is 9.59 Å². The maximum absolute atomic E-state index is 13.5. The minimum absolute atomic E-state index is 0.0616. The SMILES string of the molecule is CCCNC(=O)[C@H](Cc1ccccc1)N(Cc1cccc(Cl)c1)C(=O)CSCc1ccccc1. The molecule has 0 aliphatic carbocycles. The summed E-state index contributed by atoms with van der Waals surface area (Å²) in [6, 6.07) is 26.8. The first kappa shape index (κ1) is 25.9. The van der Waals surface area contributed by atoms with Crippen LogP contribution in [0.5, 0.6) is 0 Å². The van der Waals surface area contributed by atoms with Gasteiger partial charge in [0.2, 0.25) is 11.8 Å². The zero-order valence-electron chi connectivity index (χ0n) is 19.5. The first-order valence-corrected chi connectivity index (χ1v) is 13.1. The number of hydrogen-bond acceptors (Lipinski definition) is 3. The summed E-state index contributed by atoms with van der Waals surface area (Å²) in [4.78, 5) is 28.5. The maximum atomic E-state index is 13.5. The van der Waals surface area contributed by atoms with Gasteiger partial charge in [-0.05, 0) is 35.2 Å². The first-order chi connectivity index (χ1) is 16.6. The predicted octanol–water partition coefficient (Wildman–Crippen LogP) is 5.74. The Kier molecular flexibility index (Phi) is 10.5. The zero-order valence-corrected chi connectivity index (χ0v) is 21.0. The van der Waals surface area contributed by atoms with E-state index in [1.54, 1.807) is 16.7 Å². The van der Waals surface area contributed by atoms with Crippen molar-refractivity contribution in [3.63, 3.8) is 0 Å². The number of amides is 2. The highest BCUT2D eigenvalue weighted by molar-refractivity contribution is 7.99. The molecule has 4 nitrogen and oxygen atoms in total. The fraction of sp³-hybridized carbons (Fsp3) is 0.286. The molecular weight excluding hydrogens is 464 g/mol. The Morgan fingerprint density at radius 2 is 1.56 bits per heavy atom. The molecule has 1 atom stereocenters. The quantitative estimate of drug-likeness (QED) is 0.349. The molecule has 1 N–H and O–H groups in total. The molecule has 0 saturated carbocycles. The van der Waals surface area contributed by atoms with Crippen molar-refractivity contribution in [1.29, 1.82) is 0 Å². The second-order valence-corrected chi connectivity index (χ2v) is 9.55. The van der Waals surface area contributed by atoms with Gasteiger partial charge in [0, 0.05) is 30.3 Å². The average Bonchev–Trinajstić information content (AvgIpc) is 2.86. The lowest BCUT2D eigenvalue weighted by molar-refractivity contribution is -0.139. The van der Waals surface area contributed by atoms with Crippen LogP contribution < -0.4 is 5.32 Å². The molecule has 0 saturated heterocycles. The molecule has 0 aromatic heterocycles. The minimum atomic E-state index is -0.613. The summed E-state index contributed by atoms with van der Waals surface area (Å²) in [6.07, 6.45) is 1.28. The van der Waals surface area contributed by atoms with Gasteiger partial charge in [-0.2, -0.15) is 0 Å². The summed E-state index contributed by atoms with van der Waals surface area (Å²) in [5.74, 6) is 0.841. The third-order valence-corrected chi connectivity index (χ3v) is 6.62. The molecule has 34 heavy (non-hydrogen) atoms. The lowest BCUT2D eigenvalue weighted by Crippen LogP contribution is -2.51. The van der Waals surface area contributed by atoms with Crippen molar-refractivity contribution in [3.8, 4) is 0 Å². The summed E-state index contributed by atoms with van der Waals surface area (Å²) >= 11 is 7.77. The third-order valence-electron chi connectivity index (χ3n) is 5.40. The summed E-state index contributed by atoms with van der Waals surface area (Å²) in [5.41, 5.74) is 3.08. The van der Waals surface area contributed by atoms with Gasteiger partial charge < -0.3 is 10.2 Å². The smallest absolute Gasteiger partial charge is 0.243 e. The van der Waals surface area contributed by atoms with Crippen molar-refractivity contribution in [2.24, 2.45) is 0 Å². The van der Waals surface area contributed by atoms with E-state index in [1.165, 1.54) is 5.56 Å². The van der Waals surface area contributed by atoms with Crippen LogP contribution >= 0.6 is 23.4 Å². The Balaban J connectivity index is 1.83. The van der Waals surface area contributed by atoms with Gasteiger partial charge in [-0.3, -0.25) is 9.59 Å². The number of carbonyl (C=O) groups excluding carboxylic acids is 2. The number of nitrogens with zero attached hydrogens (tertiary/aromatic N) is 1. The first-order valence-electron chi connectivity index (χ1n) is 11.5. The van der Waals surface area contributed by atoms with Crippen LogP contribution in [0.4, 0.5) is 0 Å². The van der Waals surface area contributed by atoms with Crippen LogP contribution in [0.1, 0.15) is 30.0 Å². The highest BCUT2D eigenvalue weighted by Gasteiger charge is 2.30. The topological polar surface area (TPSA) is 49.4 Å². The fourth-order valence-corrected chi connectivity index (χ4v) is 4.75. The van der Waals surface area contributed by atoms with E-state index in [9.17, 15) is 9.59 Å². The molecule has 3 rings (SSSR count). The zero-order chi connectivity index (χ0) is 24.2. The highest BCUT2D eigenvalue weighted by atomic mass is 35.5. The van der Waals surface area contributed by atoms with Crippen molar-refractivity contribution in [2.75, 3.05) is 12.3 Å². The average molecular weight is 495 g/mol. The van der Waals surface area contributed by atoms with Crippen LogP contribution in [0, 0.1) is 0 Å². The molecule has 3 aromatic rings. The van der Waals surface area contributed by atoms with E-state index in [0.29, 0.717) is 30.3 Å².